The molecule has 5 atom stereocenters. The highest BCUT2D eigenvalue weighted by molar-refractivity contribution is 7.47. The van der Waals surface area contributed by atoms with Crippen molar-refractivity contribution in [2.75, 3.05) is 39.6 Å². The average Bonchev–Trinajstić information content (AvgIpc) is 0.900. The summed E-state index contributed by atoms with van der Waals surface area (Å²) in [7, 11) is -9.93. The first-order valence-corrected chi connectivity index (χ1v) is 48.7. The maximum atomic E-state index is 13.2. The van der Waals surface area contributed by atoms with Crippen LogP contribution in [0, 0.1) is 23.7 Å². The van der Waals surface area contributed by atoms with Crippen LogP contribution < -0.4 is 0 Å². The van der Waals surface area contributed by atoms with E-state index >= 15 is 0 Å². The lowest BCUT2D eigenvalue weighted by molar-refractivity contribution is -0.161. The molecule has 0 saturated heterocycles. The molecule has 0 aliphatic carbocycles. The van der Waals surface area contributed by atoms with E-state index in [1.807, 2.05) is 0 Å². The van der Waals surface area contributed by atoms with Crippen LogP contribution in [-0.4, -0.2) is 96.7 Å². The molecule has 0 fully saturated rings. The van der Waals surface area contributed by atoms with Gasteiger partial charge in [0, 0.05) is 25.7 Å². The largest absolute Gasteiger partial charge is 0.472 e. The van der Waals surface area contributed by atoms with Crippen LogP contribution in [0.1, 0.15) is 466 Å². The number of ether oxygens (including phenoxy) is 4. The number of phosphoric ester groups is 2. The number of aliphatic hydroxyl groups is 1. The lowest BCUT2D eigenvalue weighted by Gasteiger charge is -2.21. The summed E-state index contributed by atoms with van der Waals surface area (Å²) in [6.45, 7) is 14.3. The summed E-state index contributed by atoms with van der Waals surface area (Å²) in [6, 6.07) is 0. The number of phosphoric acid groups is 2. The second-order valence-corrected chi connectivity index (χ2v) is 36.8. The summed E-state index contributed by atoms with van der Waals surface area (Å²) in [6.07, 6.45) is 68.2. The SMILES string of the molecule is CC(C)CCCCCCCCCCCCCCCCCCCCC(=O)O[C@H](COC(=O)CCCCCCCCCC(C)C)COP(=O)(O)OCC(O)COP(=O)(O)OC[C@@H](COC(=O)CCCCCCCCCCCCCCCCCCC(C)C)OC(=O)CCCCCCCCCCCCCCCCCC(C)C. The van der Waals surface area contributed by atoms with Gasteiger partial charge in [0.1, 0.15) is 19.3 Å². The predicted octanol–water partition coefficient (Wildman–Crippen LogP) is 27.1. The van der Waals surface area contributed by atoms with Gasteiger partial charge in [-0.3, -0.25) is 37.3 Å². The van der Waals surface area contributed by atoms with Gasteiger partial charge in [0.2, 0.25) is 0 Å². The van der Waals surface area contributed by atoms with Gasteiger partial charge in [-0.25, -0.2) is 9.13 Å². The standard InChI is InChI=1S/C89H174O17P2/c1-79(2)65-57-49-41-34-28-22-16-11-9-10-12-20-26-32-38-46-55-63-72-89(94)106-85(76-100-87(92)70-62-54-48-40-44-52-60-68-82(7)8)78-104-108(97,98)102-74-83(90)73-101-107(95,96)103-77-84(105-88(93)71-64-56-47-39-33-27-21-15-18-24-30-36-43-51-59-67-81(5)6)75-99-86(91)69-61-53-45-37-31-25-19-14-13-17-23-29-35-42-50-58-66-80(3)4/h79-85,90H,9-78H2,1-8H3,(H,95,96)(H,97,98)/t83?,84-,85-/m1/s1. The monoisotopic (exact) mass is 1580 g/mol. The Balaban J connectivity index is 5.21. The first-order valence-electron chi connectivity index (χ1n) is 45.7. The third-order valence-electron chi connectivity index (χ3n) is 20.8. The number of esters is 4. The van der Waals surface area contributed by atoms with Gasteiger partial charge in [-0.05, 0) is 49.4 Å². The van der Waals surface area contributed by atoms with E-state index in [0.717, 1.165) is 114 Å². The van der Waals surface area contributed by atoms with Crippen molar-refractivity contribution in [3.05, 3.63) is 0 Å². The van der Waals surface area contributed by atoms with E-state index in [-0.39, 0.29) is 25.7 Å². The molecule has 0 aromatic heterocycles. The van der Waals surface area contributed by atoms with Crippen molar-refractivity contribution in [3.63, 3.8) is 0 Å². The Hall–Kier alpha value is -1.94. The van der Waals surface area contributed by atoms with E-state index in [9.17, 15) is 43.2 Å². The number of rotatable bonds is 86. The summed E-state index contributed by atoms with van der Waals surface area (Å²) in [5.74, 6) is 1.04. The van der Waals surface area contributed by atoms with E-state index in [4.69, 9.17) is 37.0 Å². The van der Waals surface area contributed by atoms with E-state index in [0.29, 0.717) is 31.6 Å². The molecule has 0 bridgehead atoms. The van der Waals surface area contributed by atoms with Gasteiger partial charge in [-0.1, -0.05) is 415 Å². The normalized spacial score (nSPS) is 13.9. The van der Waals surface area contributed by atoms with Gasteiger partial charge in [-0.2, -0.15) is 0 Å². The zero-order valence-electron chi connectivity index (χ0n) is 71.5. The summed E-state index contributed by atoms with van der Waals surface area (Å²) in [5.41, 5.74) is 0. The van der Waals surface area contributed by atoms with E-state index < -0.39 is 97.5 Å². The molecule has 3 unspecified atom stereocenters. The van der Waals surface area contributed by atoms with Crippen LogP contribution in [0.25, 0.3) is 0 Å². The molecule has 3 N–H and O–H groups in total. The fourth-order valence-electron chi connectivity index (χ4n) is 13.8. The van der Waals surface area contributed by atoms with Crippen LogP contribution in [0.4, 0.5) is 0 Å². The van der Waals surface area contributed by atoms with E-state index in [1.165, 1.54) is 263 Å². The molecule has 19 heteroatoms. The van der Waals surface area contributed by atoms with Crippen LogP contribution in [-0.2, 0) is 65.4 Å². The Morgan fingerprint density at radius 1 is 0.231 bits per heavy atom. The van der Waals surface area contributed by atoms with Crippen LogP contribution in [0.5, 0.6) is 0 Å². The topological polar surface area (TPSA) is 237 Å². The molecule has 0 rings (SSSR count). The van der Waals surface area contributed by atoms with Crippen LogP contribution in [0.15, 0.2) is 0 Å². The lowest BCUT2D eigenvalue weighted by Crippen LogP contribution is -2.30. The van der Waals surface area contributed by atoms with Crippen molar-refractivity contribution in [2.24, 2.45) is 23.7 Å². The fraction of sp³-hybridized carbons (Fsp3) is 0.955. The highest BCUT2D eigenvalue weighted by Crippen LogP contribution is 2.45. The lowest BCUT2D eigenvalue weighted by atomic mass is 10.0. The highest BCUT2D eigenvalue weighted by Gasteiger charge is 2.31. The summed E-state index contributed by atoms with van der Waals surface area (Å²) in [4.78, 5) is 73.3. The van der Waals surface area contributed by atoms with Gasteiger partial charge in [-0.15, -0.1) is 0 Å². The number of unbranched alkanes of at least 4 members (excludes halogenated alkanes) is 52. The molecule has 0 spiro atoms. The molecule has 17 nitrogen and oxygen atoms in total. The Kier molecular flexibility index (Phi) is 76.2. The second-order valence-electron chi connectivity index (χ2n) is 33.9. The second kappa shape index (κ2) is 77.6. The third-order valence-corrected chi connectivity index (χ3v) is 22.7. The summed E-state index contributed by atoms with van der Waals surface area (Å²) in [5, 5.41) is 10.7. The van der Waals surface area contributed by atoms with Crippen LogP contribution in [0.2, 0.25) is 0 Å². The first kappa shape index (κ1) is 106. The minimum absolute atomic E-state index is 0.107. The number of hydrogen-bond acceptors (Lipinski definition) is 15. The van der Waals surface area contributed by atoms with Gasteiger partial charge in [0.15, 0.2) is 12.2 Å². The van der Waals surface area contributed by atoms with Gasteiger partial charge >= 0.3 is 39.5 Å². The van der Waals surface area contributed by atoms with Crippen molar-refractivity contribution >= 4 is 39.5 Å². The zero-order chi connectivity index (χ0) is 79.5. The Bertz CT molecular complexity index is 2090. The fourth-order valence-corrected chi connectivity index (χ4v) is 15.4. The minimum Gasteiger partial charge on any atom is -0.462 e. The average molecular weight is 1580 g/mol. The molecule has 108 heavy (non-hydrogen) atoms. The van der Waals surface area contributed by atoms with Crippen molar-refractivity contribution in [2.45, 2.75) is 485 Å². The minimum atomic E-state index is -4.97. The molecule has 0 aliphatic heterocycles. The van der Waals surface area contributed by atoms with Crippen molar-refractivity contribution in [3.8, 4) is 0 Å². The molecule has 0 heterocycles. The van der Waals surface area contributed by atoms with Gasteiger partial charge in [0.05, 0.1) is 26.4 Å². The third kappa shape index (κ3) is 82.1. The Labute approximate surface area is 664 Å². The maximum absolute atomic E-state index is 13.2. The molecule has 0 radical (unpaired) electrons. The Morgan fingerprint density at radius 2 is 0.389 bits per heavy atom. The molecule has 642 valence electrons. The molecular weight excluding hydrogens is 1400 g/mol. The van der Waals surface area contributed by atoms with Crippen molar-refractivity contribution in [1.29, 1.82) is 0 Å². The number of aliphatic hydroxyl groups excluding tert-OH is 1. The van der Waals surface area contributed by atoms with Crippen LogP contribution >= 0.6 is 15.6 Å². The van der Waals surface area contributed by atoms with E-state index in [1.54, 1.807) is 0 Å². The molecular formula is C89H174O17P2. The first-order chi connectivity index (χ1) is 52.1. The summed E-state index contributed by atoms with van der Waals surface area (Å²) < 4.78 is 69.0. The summed E-state index contributed by atoms with van der Waals surface area (Å²) >= 11 is 0. The maximum Gasteiger partial charge on any atom is 0.472 e. The predicted molar refractivity (Wildman–Crippen MR) is 446 cm³/mol. The molecule has 0 saturated carbocycles. The van der Waals surface area contributed by atoms with Crippen molar-refractivity contribution in [1.82, 2.24) is 0 Å². The number of carbonyl (C=O) groups is 4. The molecule has 0 aromatic rings. The number of carbonyl (C=O) groups excluding carboxylic acids is 4. The van der Waals surface area contributed by atoms with Gasteiger partial charge < -0.3 is 33.8 Å². The molecule has 0 aromatic carbocycles. The van der Waals surface area contributed by atoms with Gasteiger partial charge in [0.25, 0.3) is 0 Å². The molecule has 0 amide bonds. The molecule has 0 aliphatic rings. The van der Waals surface area contributed by atoms with E-state index in [2.05, 4.69) is 55.4 Å². The quantitative estimate of drug-likeness (QED) is 0.0222. The van der Waals surface area contributed by atoms with Crippen molar-refractivity contribution < 1.29 is 80.2 Å². The Morgan fingerprint density at radius 3 is 0.574 bits per heavy atom. The zero-order valence-corrected chi connectivity index (χ0v) is 73.3. The smallest absolute Gasteiger partial charge is 0.462 e. The van der Waals surface area contributed by atoms with Crippen LogP contribution in [0.3, 0.4) is 0 Å². The highest BCUT2D eigenvalue weighted by atomic mass is 31.2. The number of hydrogen-bond donors (Lipinski definition) is 3.